The number of carbonyl (C=O) groups is 1. The highest BCUT2D eigenvalue weighted by Gasteiger charge is 2.27. The van der Waals surface area contributed by atoms with Gasteiger partial charge in [0.05, 0.1) is 20.7 Å². The maximum absolute atomic E-state index is 13.7. The van der Waals surface area contributed by atoms with Crippen LogP contribution in [0.3, 0.4) is 0 Å². The molecule has 0 radical (unpaired) electrons. The Balaban J connectivity index is 1.61. The van der Waals surface area contributed by atoms with Crippen LogP contribution in [0.5, 0.6) is 0 Å². The molecule has 1 aromatic heterocycles. The Morgan fingerprint density at radius 2 is 1.89 bits per heavy atom. The molecule has 0 unspecified atom stereocenters. The van der Waals surface area contributed by atoms with E-state index in [1.54, 1.807) is 18.2 Å². The summed E-state index contributed by atoms with van der Waals surface area (Å²) >= 11 is 1.15. The van der Waals surface area contributed by atoms with Gasteiger partial charge in [0.1, 0.15) is 5.82 Å². The third-order valence-electron chi connectivity index (χ3n) is 4.40. The number of sulfonamides is 1. The predicted molar refractivity (Wildman–Crippen MR) is 102 cm³/mol. The van der Waals surface area contributed by atoms with Crippen LogP contribution >= 0.6 is 11.3 Å². The van der Waals surface area contributed by atoms with E-state index in [4.69, 9.17) is 0 Å². The number of aromatic nitrogens is 1. The monoisotopic (exact) mass is 405 g/mol. The summed E-state index contributed by atoms with van der Waals surface area (Å²) in [4.78, 5) is 16.7. The van der Waals surface area contributed by atoms with Gasteiger partial charge in [-0.25, -0.2) is 17.8 Å². The van der Waals surface area contributed by atoms with Crippen molar-refractivity contribution in [2.24, 2.45) is 0 Å². The van der Waals surface area contributed by atoms with Gasteiger partial charge in [-0.05, 0) is 43.2 Å². The van der Waals surface area contributed by atoms with Crippen LogP contribution in [0.4, 0.5) is 9.52 Å². The largest absolute Gasteiger partial charge is 0.298 e. The van der Waals surface area contributed by atoms with Crippen LogP contribution in [0, 0.1) is 5.82 Å². The minimum absolute atomic E-state index is 0.0749. The first-order valence-electron chi connectivity index (χ1n) is 8.42. The van der Waals surface area contributed by atoms with Gasteiger partial charge in [-0.3, -0.25) is 10.1 Å². The lowest BCUT2D eigenvalue weighted by Gasteiger charge is -2.15. The quantitative estimate of drug-likeness (QED) is 0.721. The lowest BCUT2D eigenvalue weighted by Crippen LogP contribution is -2.27. The van der Waals surface area contributed by atoms with Crippen molar-refractivity contribution in [1.82, 2.24) is 9.29 Å². The van der Waals surface area contributed by atoms with E-state index in [1.807, 2.05) is 0 Å². The number of thiazole rings is 1. The molecule has 0 spiro atoms. The first-order valence-corrected chi connectivity index (χ1v) is 10.7. The molecule has 27 heavy (non-hydrogen) atoms. The lowest BCUT2D eigenvalue weighted by molar-refractivity contribution is 0.102. The Morgan fingerprint density at radius 3 is 2.63 bits per heavy atom. The van der Waals surface area contributed by atoms with E-state index in [2.05, 4.69) is 10.3 Å². The molecule has 1 aliphatic rings. The zero-order chi connectivity index (χ0) is 19.0. The van der Waals surface area contributed by atoms with Crippen LogP contribution in [0.15, 0.2) is 47.4 Å². The van der Waals surface area contributed by atoms with Crippen molar-refractivity contribution in [1.29, 1.82) is 0 Å². The number of hydrogen-bond donors (Lipinski definition) is 1. The van der Waals surface area contributed by atoms with E-state index in [9.17, 15) is 17.6 Å². The Bertz CT molecular complexity index is 1120. The number of fused-ring (bicyclic) bond motifs is 1. The van der Waals surface area contributed by atoms with Gasteiger partial charge in [0.25, 0.3) is 5.91 Å². The number of carbonyl (C=O) groups excluding carboxylic acids is 1. The summed E-state index contributed by atoms with van der Waals surface area (Å²) in [5.74, 6) is -1.22. The molecular weight excluding hydrogens is 389 g/mol. The summed E-state index contributed by atoms with van der Waals surface area (Å²) < 4.78 is 41.2. The van der Waals surface area contributed by atoms with E-state index >= 15 is 0 Å². The summed E-state index contributed by atoms with van der Waals surface area (Å²) in [5.41, 5.74) is 0.498. The number of halogens is 1. The number of anilines is 1. The minimum Gasteiger partial charge on any atom is -0.298 e. The average molecular weight is 405 g/mol. The molecule has 0 bridgehead atoms. The van der Waals surface area contributed by atoms with Crippen molar-refractivity contribution < 1.29 is 17.6 Å². The number of nitrogens with zero attached hydrogens (tertiary/aromatic N) is 2. The number of rotatable bonds is 4. The maximum Gasteiger partial charge on any atom is 0.260 e. The molecule has 1 N–H and O–H groups in total. The fourth-order valence-electron chi connectivity index (χ4n) is 3.01. The Morgan fingerprint density at radius 1 is 1.15 bits per heavy atom. The zero-order valence-electron chi connectivity index (χ0n) is 14.2. The van der Waals surface area contributed by atoms with E-state index < -0.39 is 21.7 Å². The minimum atomic E-state index is -3.52. The highest BCUT2D eigenvalue weighted by atomic mass is 32.2. The first-order chi connectivity index (χ1) is 12.9. The van der Waals surface area contributed by atoms with Crippen molar-refractivity contribution in [3.63, 3.8) is 0 Å². The van der Waals surface area contributed by atoms with Crippen molar-refractivity contribution in [2.45, 2.75) is 17.7 Å². The van der Waals surface area contributed by atoms with Crippen LogP contribution in [0.1, 0.15) is 23.2 Å². The van der Waals surface area contributed by atoms with Crippen molar-refractivity contribution >= 4 is 42.6 Å². The smallest absolute Gasteiger partial charge is 0.260 e. The van der Waals surface area contributed by atoms with Crippen molar-refractivity contribution in [3.05, 3.63) is 53.8 Å². The molecule has 1 saturated heterocycles. The van der Waals surface area contributed by atoms with Gasteiger partial charge in [-0.15, -0.1) is 0 Å². The number of hydrogen-bond acceptors (Lipinski definition) is 5. The molecule has 4 rings (SSSR count). The molecule has 2 aromatic carbocycles. The lowest BCUT2D eigenvalue weighted by atomic mass is 10.2. The second-order valence-electron chi connectivity index (χ2n) is 6.19. The third kappa shape index (κ3) is 3.45. The van der Waals surface area contributed by atoms with E-state index in [-0.39, 0.29) is 15.6 Å². The van der Waals surface area contributed by atoms with Crippen molar-refractivity contribution in [2.75, 3.05) is 18.4 Å². The van der Waals surface area contributed by atoms with Crippen LogP contribution in [0.25, 0.3) is 10.2 Å². The first kappa shape index (κ1) is 18.0. The standard InChI is InChI=1S/C18H16FN3O3S2/c19-14-6-2-1-5-13(14)17(23)21-18-20-15-8-7-12(11-16(15)26-18)27(24,25)22-9-3-4-10-22/h1-2,5-8,11H,3-4,9-10H2,(H,20,21,23). The summed E-state index contributed by atoms with van der Waals surface area (Å²) in [6.45, 7) is 1.07. The molecule has 6 nitrogen and oxygen atoms in total. The topological polar surface area (TPSA) is 79.4 Å². The van der Waals surface area contributed by atoms with E-state index in [0.29, 0.717) is 23.3 Å². The highest BCUT2D eigenvalue weighted by molar-refractivity contribution is 7.89. The molecule has 0 aliphatic carbocycles. The fraction of sp³-hybridized carbons (Fsp3) is 0.222. The van der Waals surface area contributed by atoms with Crippen LogP contribution in [0.2, 0.25) is 0 Å². The van der Waals surface area contributed by atoms with Crippen molar-refractivity contribution in [3.8, 4) is 0 Å². The average Bonchev–Trinajstić information content (AvgIpc) is 3.31. The van der Waals surface area contributed by atoms with Gasteiger partial charge >= 0.3 is 0 Å². The molecule has 140 valence electrons. The van der Waals surface area contributed by atoms with Gasteiger partial charge in [0, 0.05) is 13.1 Å². The van der Waals surface area contributed by atoms with Crippen LogP contribution in [-0.2, 0) is 10.0 Å². The zero-order valence-corrected chi connectivity index (χ0v) is 15.8. The summed E-state index contributed by atoms with van der Waals surface area (Å²) in [5, 5.41) is 2.86. The second-order valence-corrected chi connectivity index (χ2v) is 9.16. The molecule has 2 heterocycles. The fourth-order valence-corrected chi connectivity index (χ4v) is 5.52. The third-order valence-corrected chi connectivity index (χ3v) is 7.23. The van der Waals surface area contributed by atoms with Gasteiger partial charge in [-0.1, -0.05) is 23.5 Å². The second kappa shape index (κ2) is 6.99. The summed E-state index contributed by atoms with van der Waals surface area (Å²) in [7, 11) is -3.52. The number of benzene rings is 2. The summed E-state index contributed by atoms with van der Waals surface area (Å²) in [6.07, 6.45) is 1.74. The molecule has 1 amide bonds. The molecule has 0 saturated carbocycles. The molecule has 3 aromatic rings. The Hall–Kier alpha value is -2.36. The van der Waals surface area contributed by atoms with Gasteiger partial charge in [-0.2, -0.15) is 4.31 Å². The predicted octanol–water partition coefficient (Wildman–Crippen LogP) is 3.47. The molecule has 1 aliphatic heterocycles. The van der Waals surface area contributed by atoms with Gasteiger partial charge in [0.15, 0.2) is 5.13 Å². The van der Waals surface area contributed by atoms with E-state index in [0.717, 1.165) is 24.2 Å². The highest BCUT2D eigenvalue weighted by Crippen LogP contribution is 2.30. The maximum atomic E-state index is 13.7. The number of nitrogens with one attached hydrogen (secondary N) is 1. The summed E-state index contributed by atoms with van der Waals surface area (Å²) in [6, 6.07) is 10.4. The number of amides is 1. The van der Waals surface area contributed by atoms with Gasteiger partial charge < -0.3 is 0 Å². The van der Waals surface area contributed by atoms with Crippen LogP contribution < -0.4 is 5.32 Å². The molecule has 9 heteroatoms. The Labute approximate surface area is 159 Å². The Kier molecular flexibility index (Phi) is 4.67. The normalized spacial score (nSPS) is 15.3. The van der Waals surface area contributed by atoms with Gasteiger partial charge in [0.2, 0.25) is 10.0 Å². The molecular formula is C18H16FN3O3S2. The molecule has 1 fully saturated rings. The SMILES string of the molecule is O=C(Nc1nc2ccc(S(=O)(=O)N3CCCC3)cc2s1)c1ccccc1F. The molecule has 0 atom stereocenters. The van der Waals surface area contributed by atoms with E-state index in [1.165, 1.54) is 28.6 Å². The van der Waals surface area contributed by atoms with Crippen LogP contribution in [-0.4, -0.2) is 36.7 Å².